The third-order valence-corrected chi connectivity index (χ3v) is 5.03. The highest BCUT2D eigenvalue weighted by Gasteiger charge is 2.29. The van der Waals surface area contributed by atoms with Gasteiger partial charge in [-0.1, -0.05) is 0 Å². The Morgan fingerprint density at radius 1 is 1.22 bits per heavy atom. The Hall–Kier alpha value is -3.69. The highest BCUT2D eigenvalue weighted by atomic mass is 19.2. The minimum atomic E-state index is -1.34. The maximum atomic E-state index is 13.9. The van der Waals surface area contributed by atoms with Gasteiger partial charge < -0.3 is 16.0 Å². The lowest BCUT2D eigenvalue weighted by atomic mass is 10.0. The van der Waals surface area contributed by atoms with Crippen LogP contribution in [0.1, 0.15) is 35.4 Å². The van der Waals surface area contributed by atoms with E-state index in [0.717, 1.165) is 35.4 Å². The first kappa shape index (κ1) is 21.5. The topological polar surface area (TPSA) is 92.3 Å². The SMILES string of the molecule is CN(C)C(=NCc1ccnc(Nc2nc(F)cc(F)c2F)c1)c1c(N)cncc1C1CC1. The van der Waals surface area contributed by atoms with Gasteiger partial charge in [-0.2, -0.15) is 13.8 Å². The van der Waals surface area contributed by atoms with Crippen molar-refractivity contribution in [3.8, 4) is 0 Å². The molecule has 0 spiro atoms. The van der Waals surface area contributed by atoms with Gasteiger partial charge >= 0.3 is 0 Å². The number of aliphatic imine (C=N–C) groups is 1. The maximum absolute atomic E-state index is 13.9. The molecular formula is C22H22F3N7. The summed E-state index contributed by atoms with van der Waals surface area (Å²) in [5.41, 5.74) is 9.53. The molecular weight excluding hydrogens is 419 g/mol. The molecule has 0 unspecified atom stereocenters. The van der Waals surface area contributed by atoms with Crippen molar-refractivity contribution in [2.75, 3.05) is 25.1 Å². The number of nitrogens with two attached hydrogens (primary N) is 1. The molecule has 0 bridgehead atoms. The minimum Gasteiger partial charge on any atom is -0.397 e. The van der Waals surface area contributed by atoms with Gasteiger partial charge in [0.1, 0.15) is 11.7 Å². The highest BCUT2D eigenvalue weighted by molar-refractivity contribution is 6.04. The first-order valence-electron chi connectivity index (χ1n) is 10.0. The number of nitrogens with zero attached hydrogens (tertiary/aromatic N) is 5. The van der Waals surface area contributed by atoms with Gasteiger partial charge in [0.2, 0.25) is 11.8 Å². The molecule has 0 radical (unpaired) electrons. The van der Waals surface area contributed by atoms with E-state index in [2.05, 4.69) is 20.3 Å². The number of hydrogen-bond donors (Lipinski definition) is 2. The number of pyridine rings is 3. The molecule has 10 heteroatoms. The molecule has 4 rings (SSSR count). The Bertz CT molecular complexity index is 1180. The van der Waals surface area contributed by atoms with Crippen LogP contribution in [0.2, 0.25) is 0 Å². The molecule has 0 aliphatic heterocycles. The average molecular weight is 441 g/mol. The van der Waals surface area contributed by atoms with Crippen molar-refractivity contribution in [2.24, 2.45) is 4.99 Å². The summed E-state index contributed by atoms with van der Waals surface area (Å²) in [4.78, 5) is 18.3. The molecule has 0 aromatic carbocycles. The Morgan fingerprint density at radius 2 is 2.00 bits per heavy atom. The first-order chi connectivity index (χ1) is 15.3. The van der Waals surface area contributed by atoms with E-state index < -0.39 is 23.4 Å². The molecule has 3 N–H and O–H groups in total. The molecule has 0 atom stereocenters. The van der Waals surface area contributed by atoms with E-state index in [1.807, 2.05) is 25.2 Å². The van der Waals surface area contributed by atoms with Gasteiger partial charge in [-0.3, -0.25) is 9.98 Å². The molecule has 32 heavy (non-hydrogen) atoms. The van der Waals surface area contributed by atoms with E-state index in [9.17, 15) is 13.2 Å². The maximum Gasteiger partial charge on any atom is 0.217 e. The monoisotopic (exact) mass is 441 g/mol. The van der Waals surface area contributed by atoms with Crippen molar-refractivity contribution in [3.63, 3.8) is 0 Å². The molecule has 1 fully saturated rings. The van der Waals surface area contributed by atoms with E-state index >= 15 is 0 Å². The fraction of sp³-hybridized carbons (Fsp3) is 0.273. The number of amidine groups is 1. The summed E-state index contributed by atoms with van der Waals surface area (Å²) in [5, 5.41) is 2.51. The van der Waals surface area contributed by atoms with Crippen LogP contribution in [-0.2, 0) is 6.54 Å². The van der Waals surface area contributed by atoms with Crippen LogP contribution in [0.3, 0.4) is 0 Å². The fourth-order valence-corrected chi connectivity index (χ4v) is 3.38. The smallest absolute Gasteiger partial charge is 0.217 e. The number of rotatable bonds is 6. The molecule has 1 aliphatic carbocycles. The van der Waals surface area contributed by atoms with Gasteiger partial charge in [-0.15, -0.1) is 0 Å². The van der Waals surface area contributed by atoms with Crippen molar-refractivity contribution >= 4 is 23.2 Å². The van der Waals surface area contributed by atoms with Gasteiger partial charge in [0.05, 0.1) is 18.4 Å². The number of aromatic nitrogens is 3. The summed E-state index contributed by atoms with van der Waals surface area (Å²) in [6.07, 6.45) is 7.16. The number of hydrogen-bond acceptors (Lipinski definition) is 6. The molecule has 3 heterocycles. The summed E-state index contributed by atoms with van der Waals surface area (Å²) in [6.45, 7) is 0.282. The highest BCUT2D eigenvalue weighted by Crippen LogP contribution is 2.42. The van der Waals surface area contributed by atoms with Gasteiger partial charge in [-0.05, 0) is 42.0 Å². The Balaban J connectivity index is 1.61. The Morgan fingerprint density at radius 3 is 2.72 bits per heavy atom. The summed E-state index contributed by atoms with van der Waals surface area (Å²) < 4.78 is 40.7. The van der Waals surface area contributed by atoms with Gasteiger partial charge in [0.15, 0.2) is 11.6 Å². The second-order valence-corrected chi connectivity index (χ2v) is 7.77. The molecule has 166 valence electrons. The lowest BCUT2D eigenvalue weighted by molar-refractivity contribution is 0.483. The number of anilines is 3. The van der Waals surface area contributed by atoms with E-state index in [-0.39, 0.29) is 12.4 Å². The van der Waals surface area contributed by atoms with Crippen LogP contribution in [0, 0.1) is 17.6 Å². The second kappa shape index (κ2) is 8.81. The first-order valence-corrected chi connectivity index (χ1v) is 10.0. The lowest BCUT2D eigenvalue weighted by Crippen LogP contribution is -2.26. The van der Waals surface area contributed by atoms with Crippen LogP contribution >= 0.6 is 0 Å². The van der Waals surface area contributed by atoms with Gasteiger partial charge in [-0.25, -0.2) is 9.37 Å². The standard InChI is InChI=1S/C22H22F3N7/c1-32(2)22(19-14(13-3-4-13)10-27-11-16(19)26)29-9-12-5-6-28-18(7-12)31-21-20(25)15(23)8-17(24)30-21/h5-8,10-11,13H,3-4,9,26H2,1-2H3,(H,28,30,31). The van der Waals surface area contributed by atoms with Crippen molar-refractivity contribution in [1.29, 1.82) is 0 Å². The van der Waals surface area contributed by atoms with E-state index in [0.29, 0.717) is 17.7 Å². The average Bonchev–Trinajstić information content (AvgIpc) is 3.58. The van der Waals surface area contributed by atoms with Crippen LogP contribution in [0.15, 0.2) is 41.8 Å². The van der Waals surface area contributed by atoms with Crippen LogP contribution < -0.4 is 11.1 Å². The van der Waals surface area contributed by atoms with Crippen molar-refractivity contribution in [2.45, 2.75) is 25.3 Å². The largest absolute Gasteiger partial charge is 0.397 e. The lowest BCUT2D eigenvalue weighted by Gasteiger charge is -2.20. The van der Waals surface area contributed by atoms with Crippen LogP contribution in [0.25, 0.3) is 0 Å². The van der Waals surface area contributed by atoms with Gasteiger partial charge in [0, 0.05) is 38.1 Å². The normalized spacial score (nSPS) is 13.8. The number of nitrogens with one attached hydrogen (secondary N) is 1. The summed E-state index contributed by atoms with van der Waals surface area (Å²) in [6, 6.07) is 3.73. The third-order valence-electron chi connectivity index (χ3n) is 5.03. The minimum absolute atomic E-state index is 0.183. The predicted octanol–water partition coefficient (Wildman–Crippen LogP) is 4.00. The van der Waals surface area contributed by atoms with Crippen LogP contribution in [-0.4, -0.2) is 39.8 Å². The molecule has 1 saturated carbocycles. The van der Waals surface area contributed by atoms with E-state index in [4.69, 9.17) is 10.7 Å². The molecule has 7 nitrogen and oxygen atoms in total. The van der Waals surface area contributed by atoms with Crippen molar-refractivity contribution in [3.05, 3.63) is 71.1 Å². The summed E-state index contributed by atoms with van der Waals surface area (Å²) in [5.74, 6) is -2.99. The van der Waals surface area contributed by atoms with Crippen LogP contribution in [0.5, 0.6) is 0 Å². The van der Waals surface area contributed by atoms with Crippen molar-refractivity contribution < 1.29 is 13.2 Å². The molecule has 3 aromatic heterocycles. The fourth-order valence-electron chi connectivity index (χ4n) is 3.38. The van der Waals surface area contributed by atoms with Gasteiger partial charge in [0.25, 0.3) is 0 Å². The quantitative estimate of drug-likeness (QED) is 0.341. The van der Waals surface area contributed by atoms with Crippen LogP contribution in [0.4, 0.5) is 30.5 Å². The Labute approximate surface area is 183 Å². The third kappa shape index (κ3) is 4.63. The second-order valence-electron chi connectivity index (χ2n) is 7.77. The van der Waals surface area contributed by atoms with Crippen molar-refractivity contribution in [1.82, 2.24) is 19.9 Å². The predicted molar refractivity (Wildman–Crippen MR) is 116 cm³/mol. The molecule has 1 aliphatic rings. The zero-order chi connectivity index (χ0) is 22.8. The number of halogens is 3. The summed E-state index contributed by atoms with van der Waals surface area (Å²) >= 11 is 0. The van der Waals surface area contributed by atoms with E-state index in [1.54, 1.807) is 18.3 Å². The van der Waals surface area contributed by atoms with E-state index in [1.165, 1.54) is 6.20 Å². The molecule has 0 amide bonds. The zero-order valence-electron chi connectivity index (χ0n) is 17.6. The Kier molecular flexibility index (Phi) is 5.93. The zero-order valence-corrected chi connectivity index (χ0v) is 17.6. The molecule has 3 aromatic rings. The summed E-state index contributed by atoms with van der Waals surface area (Å²) in [7, 11) is 3.78. The molecule has 0 saturated heterocycles. The number of nitrogen functional groups attached to an aromatic ring is 1.